The van der Waals surface area contributed by atoms with Crippen LogP contribution in [-0.4, -0.2) is 44.5 Å². The van der Waals surface area contributed by atoms with Crippen LogP contribution in [-0.2, 0) is 17.4 Å². The fourth-order valence-corrected chi connectivity index (χ4v) is 4.73. The number of carbonyl (C=O) groups is 1. The number of hydrogen-bond acceptors (Lipinski definition) is 5. The predicted molar refractivity (Wildman–Crippen MR) is 134 cm³/mol. The van der Waals surface area contributed by atoms with Crippen molar-refractivity contribution in [2.45, 2.75) is 43.9 Å². The molecule has 1 saturated heterocycles. The zero-order valence-electron chi connectivity index (χ0n) is 20.3. The second-order valence-corrected chi connectivity index (χ2v) is 9.67. The molecule has 35 heavy (non-hydrogen) atoms. The molecule has 7 nitrogen and oxygen atoms in total. The number of ether oxygens (including phenoxy) is 1. The third kappa shape index (κ3) is 5.16. The highest BCUT2D eigenvalue weighted by Crippen LogP contribution is 2.42. The van der Waals surface area contributed by atoms with E-state index < -0.39 is 23.9 Å². The SMILES string of the molecule is C[C@@H](c1ccc(-c2ccn(C)c(=O)c2)cc1)N1CC[C@](C[C@@](C)(O)CO)(c2ccccc2)OC1=O. The fraction of sp³-hybridized carbons (Fsp3) is 0.357. The lowest BCUT2D eigenvalue weighted by Gasteiger charge is -2.45. The van der Waals surface area contributed by atoms with Crippen LogP contribution in [0.25, 0.3) is 11.1 Å². The van der Waals surface area contributed by atoms with Crippen LogP contribution in [0.4, 0.5) is 4.79 Å². The van der Waals surface area contributed by atoms with E-state index in [0.29, 0.717) is 13.0 Å². The first-order valence-electron chi connectivity index (χ1n) is 11.8. The summed E-state index contributed by atoms with van der Waals surface area (Å²) in [7, 11) is 1.71. The summed E-state index contributed by atoms with van der Waals surface area (Å²) in [4.78, 5) is 26.9. The first-order chi connectivity index (χ1) is 16.6. The molecule has 184 valence electrons. The van der Waals surface area contributed by atoms with E-state index in [0.717, 1.165) is 22.3 Å². The molecule has 1 aliphatic heterocycles. The van der Waals surface area contributed by atoms with E-state index in [1.54, 1.807) is 31.1 Å². The van der Waals surface area contributed by atoms with Crippen molar-refractivity contribution in [2.24, 2.45) is 7.05 Å². The Kier molecular flexibility index (Phi) is 6.83. The van der Waals surface area contributed by atoms with Crippen molar-refractivity contribution >= 4 is 6.09 Å². The van der Waals surface area contributed by atoms with Gasteiger partial charge in [-0.05, 0) is 42.2 Å². The Labute approximate surface area is 205 Å². The van der Waals surface area contributed by atoms with Crippen molar-refractivity contribution in [3.05, 3.63) is 94.4 Å². The van der Waals surface area contributed by atoms with Crippen molar-refractivity contribution in [1.29, 1.82) is 0 Å². The summed E-state index contributed by atoms with van der Waals surface area (Å²) < 4.78 is 7.57. The van der Waals surface area contributed by atoms with Crippen LogP contribution in [0, 0.1) is 0 Å². The van der Waals surface area contributed by atoms with Gasteiger partial charge in [0.2, 0.25) is 0 Å². The van der Waals surface area contributed by atoms with Gasteiger partial charge in [-0.3, -0.25) is 4.79 Å². The van der Waals surface area contributed by atoms with E-state index in [9.17, 15) is 19.8 Å². The maximum Gasteiger partial charge on any atom is 0.411 e. The number of carbonyl (C=O) groups excluding carboxylic acids is 1. The first kappa shape index (κ1) is 24.7. The van der Waals surface area contributed by atoms with Crippen LogP contribution >= 0.6 is 0 Å². The molecule has 4 rings (SSSR count). The van der Waals surface area contributed by atoms with Crippen molar-refractivity contribution in [2.75, 3.05) is 13.2 Å². The molecule has 1 aromatic heterocycles. The number of cyclic esters (lactones) is 1. The molecule has 2 N–H and O–H groups in total. The molecule has 3 atom stereocenters. The fourth-order valence-electron chi connectivity index (χ4n) is 4.73. The van der Waals surface area contributed by atoms with Crippen LogP contribution in [0.5, 0.6) is 0 Å². The molecule has 1 amide bonds. The van der Waals surface area contributed by atoms with Crippen molar-refractivity contribution in [3.8, 4) is 11.1 Å². The number of aromatic nitrogens is 1. The van der Waals surface area contributed by atoms with Crippen LogP contribution < -0.4 is 5.56 Å². The molecule has 0 unspecified atom stereocenters. The maximum absolute atomic E-state index is 13.3. The Morgan fingerprint density at radius 1 is 1.06 bits per heavy atom. The third-order valence-electron chi connectivity index (χ3n) is 6.88. The average Bonchev–Trinajstić information content (AvgIpc) is 2.86. The van der Waals surface area contributed by atoms with Crippen molar-refractivity contribution in [1.82, 2.24) is 9.47 Å². The molecule has 0 spiro atoms. The standard InChI is InChI=1S/C28H32N2O5/c1-20(21-9-11-22(12-10-21)23-13-15-29(3)25(32)17-23)30-16-14-28(35-26(30)33,18-27(2,34)19-31)24-7-5-4-6-8-24/h4-13,15,17,20,31,34H,14,16,18-19H2,1-3H3/t20-,27+,28-/m0/s1. The molecule has 0 saturated carbocycles. The second kappa shape index (κ2) is 9.68. The van der Waals surface area contributed by atoms with Crippen LogP contribution in [0.2, 0.25) is 0 Å². The maximum atomic E-state index is 13.3. The summed E-state index contributed by atoms with van der Waals surface area (Å²) in [6.45, 7) is 3.50. The smallest absolute Gasteiger partial charge is 0.411 e. The number of aliphatic hydroxyl groups is 2. The van der Waals surface area contributed by atoms with E-state index in [1.807, 2.05) is 67.6 Å². The summed E-state index contributed by atoms with van der Waals surface area (Å²) in [5, 5.41) is 20.3. The van der Waals surface area contributed by atoms with Crippen LogP contribution in [0.1, 0.15) is 43.9 Å². The Balaban J connectivity index is 1.54. The zero-order chi connectivity index (χ0) is 25.2. The number of benzene rings is 2. The van der Waals surface area contributed by atoms with Gasteiger partial charge in [-0.25, -0.2) is 4.79 Å². The van der Waals surface area contributed by atoms with Gasteiger partial charge in [0.25, 0.3) is 5.56 Å². The normalized spacial score (nSPS) is 20.7. The highest BCUT2D eigenvalue weighted by molar-refractivity contribution is 5.70. The number of hydrogen-bond donors (Lipinski definition) is 2. The largest absolute Gasteiger partial charge is 0.438 e. The topological polar surface area (TPSA) is 92.0 Å². The number of nitrogens with zero attached hydrogens (tertiary/aromatic N) is 2. The molecule has 2 aromatic carbocycles. The van der Waals surface area contributed by atoms with Gasteiger partial charge in [-0.2, -0.15) is 0 Å². The van der Waals surface area contributed by atoms with E-state index in [2.05, 4.69) is 0 Å². The lowest BCUT2D eigenvalue weighted by molar-refractivity contribution is -0.117. The van der Waals surface area contributed by atoms with Crippen LogP contribution in [0.15, 0.2) is 77.7 Å². The van der Waals surface area contributed by atoms with Gasteiger partial charge in [-0.15, -0.1) is 0 Å². The van der Waals surface area contributed by atoms with Gasteiger partial charge in [0, 0.05) is 38.7 Å². The van der Waals surface area contributed by atoms with Crippen LogP contribution in [0.3, 0.4) is 0 Å². The monoisotopic (exact) mass is 476 g/mol. The lowest BCUT2D eigenvalue weighted by Crippen LogP contribution is -2.52. The van der Waals surface area contributed by atoms with Gasteiger partial charge in [0.05, 0.1) is 18.2 Å². The molecule has 0 bridgehead atoms. The van der Waals surface area contributed by atoms with Gasteiger partial charge >= 0.3 is 6.09 Å². The summed E-state index contributed by atoms with van der Waals surface area (Å²) in [5.41, 5.74) is 1.03. The van der Waals surface area contributed by atoms with E-state index in [1.165, 1.54) is 4.57 Å². The van der Waals surface area contributed by atoms with E-state index >= 15 is 0 Å². The summed E-state index contributed by atoms with van der Waals surface area (Å²) in [5.74, 6) is 0. The number of aliphatic hydroxyl groups excluding tert-OH is 1. The highest BCUT2D eigenvalue weighted by atomic mass is 16.6. The Bertz CT molecular complexity index is 1240. The number of aryl methyl sites for hydroxylation is 1. The number of pyridine rings is 1. The number of amides is 1. The van der Waals surface area contributed by atoms with Gasteiger partial charge in [0.1, 0.15) is 5.60 Å². The molecule has 2 heterocycles. The molecule has 1 aliphatic rings. The molecule has 0 radical (unpaired) electrons. The quantitative estimate of drug-likeness (QED) is 0.538. The molecule has 1 fully saturated rings. The van der Waals surface area contributed by atoms with Crippen molar-refractivity contribution in [3.63, 3.8) is 0 Å². The highest BCUT2D eigenvalue weighted by Gasteiger charge is 2.47. The molecule has 7 heteroatoms. The minimum atomic E-state index is -1.39. The van der Waals surface area contributed by atoms with E-state index in [4.69, 9.17) is 4.74 Å². The Morgan fingerprint density at radius 3 is 2.34 bits per heavy atom. The first-order valence-corrected chi connectivity index (χ1v) is 11.8. The molecular formula is C28H32N2O5. The molecule has 0 aliphatic carbocycles. The van der Waals surface area contributed by atoms with Gasteiger partial charge in [0.15, 0.2) is 0 Å². The number of rotatable bonds is 7. The minimum absolute atomic E-state index is 0.0712. The second-order valence-electron chi connectivity index (χ2n) is 9.67. The summed E-state index contributed by atoms with van der Waals surface area (Å²) in [6.07, 6.45) is 1.86. The average molecular weight is 477 g/mol. The van der Waals surface area contributed by atoms with Crippen molar-refractivity contribution < 1.29 is 19.7 Å². The Hall–Kier alpha value is -3.42. The molecule has 3 aromatic rings. The van der Waals surface area contributed by atoms with Gasteiger partial charge < -0.3 is 24.4 Å². The zero-order valence-corrected chi connectivity index (χ0v) is 20.3. The minimum Gasteiger partial charge on any atom is -0.438 e. The molecular weight excluding hydrogens is 444 g/mol. The summed E-state index contributed by atoms with van der Waals surface area (Å²) in [6, 6.07) is 20.5. The van der Waals surface area contributed by atoms with Gasteiger partial charge in [-0.1, -0.05) is 54.6 Å². The Morgan fingerprint density at radius 2 is 1.74 bits per heavy atom. The van der Waals surface area contributed by atoms with E-state index in [-0.39, 0.29) is 18.0 Å². The predicted octanol–water partition coefficient (Wildman–Crippen LogP) is 3.98. The third-order valence-corrected chi connectivity index (χ3v) is 6.88. The lowest BCUT2D eigenvalue weighted by atomic mass is 9.79. The summed E-state index contributed by atoms with van der Waals surface area (Å²) >= 11 is 0.